The molecular weight excluding hydrogens is 256 g/mol. The molecule has 0 spiro atoms. The van der Waals surface area contributed by atoms with Crippen molar-refractivity contribution < 1.29 is 4.79 Å². The first-order valence-corrected chi connectivity index (χ1v) is 7.81. The fourth-order valence-corrected chi connectivity index (χ4v) is 3.55. The molecule has 1 aliphatic heterocycles. The van der Waals surface area contributed by atoms with Gasteiger partial charge in [-0.05, 0) is 31.4 Å². The van der Waals surface area contributed by atoms with E-state index < -0.39 is 0 Å². The summed E-state index contributed by atoms with van der Waals surface area (Å²) in [5.74, 6) is 1.70. The normalized spacial score (nSPS) is 22.1. The molecule has 1 aliphatic rings. The molecule has 0 aliphatic carbocycles. The standard InChI is InChI=1S/C15H22N2OS/c1-10(2)17-14(18)8-16-15-11(3)9-19-13-7-5-4-6-12(13)15/h4-7,10-11,15-16H,8-9H2,1-3H3,(H,17,18)/t11-,15-/m0/s1. The highest BCUT2D eigenvalue weighted by Crippen LogP contribution is 2.39. The van der Waals surface area contributed by atoms with Crippen LogP contribution in [0.25, 0.3) is 0 Å². The molecule has 2 N–H and O–H groups in total. The number of nitrogens with one attached hydrogen (secondary N) is 2. The van der Waals surface area contributed by atoms with Gasteiger partial charge in [-0.3, -0.25) is 4.79 Å². The molecule has 1 aromatic rings. The molecule has 1 aromatic carbocycles. The number of carbonyl (C=O) groups excluding carboxylic acids is 1. The van der Waals surface area contributed by atoms with Gasteiger partial charge in [0.25, 0.3) is 0 Å². The van der Waals surface area contributed by atoms with E-state index in [1.807, 2.05) is 25.6 Å². The van der Waals surface area contributed by atoms with Gasteiger partial charge in [-0.25, -0.2) is 0 Å². The molecular formula is C15H22N2OS. The molecule has 0 bridgehead atoms. The van der Waals surface area contributed by atoms with Crippen molar-refractivity contribution in [1.82, 2.24) is 10.6 Å². The number of carbonyl (C=O) groups is 1. The highest BCUT2D eigenvalue weighted by atomic mass is 32.2. The van der Waals surface area contributed by atoms with Crippen molar-refractivity contribution >= 4 is 17.7 Å². The Morgan fingerprint density at radius 2 is 2.16 bits per heavy atom. The summed E-state index contributed by atoms with van der Waals surface area (Å²) in [6.45, 7) is 6.58. The first-order valence-electron chi connectivity index (χ1n) is 6.82. The molecule has 0 aromatic heterocycles. The smallest absolute Gasteiger partial charge is 0.234 e. The zero-order valence-electron chi connectivity index (χ0n) is 11.8. The summed E-state index contributed by atoms with van der Waals surface area (Å²) >= 11 is 1.90. The molecule has 104 valence electrons. The fourth-order valence-electron chi connectivity index (χ4n) is 2.38. The zero-order valence-corrected chi connectivity index (χ0v) is 12.6. The van der Waals surface area contributed by atoms with Crippen LogP contribution in [0.3, 0.4) is 0 Å². The fraction of sp³-hybridized carbons (Fsp3) is 0.533. The van der Waals surface area contributed by atoms with Crippen LogP contribution in [0.2, 0.25) is 0 Å². The molecule has 19 heavy (non-hydrogen) atoms. The van der Waals surface area contributed by atoms with E-state index in [1.165, 1.54) is 10.5 Å². The summed E-state index contributed by atoms with van der Waals surface area (Å²) in [5, 5.41) is 6.32. The minimum atomic E-state index is 0.0675. The summed E-state index contributed by atoms with van der Waals surface area (Å²) in [5.41, 5.74) is 1.32. The average Bonchev–Trinajstić information content (AvgIpc) is 2.36. The molecule has 2 rings (SSSR count). The van der Waals surface area contributed by atoms with E-state index in [4.69, 9.17) is 0 Å². The highest BCUT2D eigenvalue weighted by Gasteiger charge is 2.26. The maximum Gasteiger partial charge on any atom is 0.234 e. The summed E-state index contributed by atoms with van der Waals surface area (Å²) in [4.78, 5) is 13.1. The number of rotatable bonds is 4. The maximum absolute atomic E-state index is 11.7. The van der Waals surface area contributed by atoms with Gasteiger partial charge < -0.3 is 10.6 Å². The van der Waals surface area contributed by atoms with Crippen LogP contribution in [0.5, 0.6) is 0 Å². The monoisotopic (exact) mass is 278 g/mol. The van der Waals surface area contributed by atoms with Crippen molar-refractivity contribution in [2.24, 2.45) is 5.92 Å². The van der Waals surface area contributed by atoms with Crippen LogP contribution in [-0.4, -0.2) is 24.2 Å². The number of hydrogen-bond acceptors (Lipinski definition) is 3. The topological polar surface area (TPSA) is 41.1 Å². The van der Waals surface area contributed by atoms with Gasteiger partial charge in [-0.1, -0.05) is 25.1 Å². The Labute approximate surface area is 119 Å². The average molecular weight is 278 g/mol. The van der Waals surface area contributed by atoms with Crippen molar-refractivity contribution in [3.63, 3.8) is 0 Å². The Bertz CT molecular complexity index is 448. The van der Waals surface area contributed by atoms with Gasteiger partial charge in [0, 0.05) is 22.7 Å². The Kier molecular flexibility index (Phi) is 4.88. The molecule has 1 heterocycles. The van der Waals surface area contributed by atoms with Crippen molar-refractivity contribution in [1.29, 1.82) is 0 Å². The third-order valence-corrected chi connectivity index (χ3v) is 4.63. The van der Waals surface area contributed by atoms with Crippen LogP contribution in [0.4, 0.5) is 0 Å². The van der Waals surface area contributed by atoms with Gasteiger partial charge >= 0.3 is 0 Å². The molecule has 3 nitrogen and oxygen atoms in total. The molecule has 0 unspecified atom stereocenters. The summed E-state index contributed by atoms with van der Waals surface area (Å²) in [7, 11) is 0. The van der Waals surface area contributed by atoms with Crippen molar-refractivity contribution in [2.75, 3.05) is 12.3 Å². The van der Waals surface area contributed by atoms with E-state index in [2.05, 4.69) is 41.8 Å². The van der Waals surface area contributed by atoms with Crippen LogP contribution in [0, 0.1) is 5.92 Å². The maximum atomic E-state index is 11.7. The van der Waals surface area contributed by atoms with Gasteiger partial charge in [0.1, 0.15) is 0 Å². The summed E-state index contributed by atoms with van der Waals surface area (Å²) < 4.78 is 0. The van der Waals surface area contributed by atoms with Crippen molar-refractivity contribution in [3.05, 3.63) is 29.8 Å². The minimum Gasteiger partial charge on any atom is -0.353 e. The second-order valence-corrected chi connectivity index (χ2v) is 6.47. The lowest BCUT2D eigenvalue weighted by molar-refractivity contribution is -0.120. The molecule has 4 heteroatoms. The molecule has 0 saturated carbocycles. The third kappa shape index (κ3) is 3.74. The van der Waals surface area contributed by atoms with Crippen LogP contribution < -0.4 is 10.6 Å². The quantitative estimate of drug-likeness (QED) is 0.889. The van der Waals surface area contributed by atoms with Gasteiger partial charge in [0.15, 0.2) is 0 Å². The molecule has 0 fully saturated rings. The largest absolute Gasteiger partial charge is 0.353 e. The number of fused-ring (bicyclic) bond motifs is 1. The van der Waals surface area contributed by atoms with Crippen LogP contribution in [0.1, 0.15) is 32.4 Å². The number of amides is 1. The zero-order chi connectivity index (χ0) is 13.8. The van der Waals surface area contributed by atoms with Gasteiger partial charge in [0.2, 0.25) is 5.91 Å². The van der Waals surface area contributed by atoms with Crippen LogP contribution in [-0.2, 0) is 4.79 Å². The van der Waals surface area contributed by atoms with Crippen LogP contribution >= 0.6 is 11.8 Å². The Balaban J connectivity index is 2.01. The third-order valence-electron chi connectivity index (χ3n) is 3.26. The second-order valence-electron chi connectivity index (χ2n) is 5.41. The van der Waals surface area contributed by atoms with Gasteiger partial charge in [0.05, 0.1) is 6.54 Å². The van der Waals surface area contributed by atoms with E-state index in [9.17, 15) is 4.79 Å². The lowest BCUT2D eigenvalue weighted by atomic mass is 9.95. The SMILES string of the molecule is CC(C)NC(=O)CN[C@@H]1c2ccccc2SC[C@@H]1C. The van der Waals surface area contributed by atoms with Crippen LogP contribution in [0.15, 0.2) is 29.2 Å². The van der Waals surface area contributed by atoms with E-state index in [0.29, 0.717) is 12.5 Å². The molecule has 0 radical (unpaired) electrons. The number of thioether (sulfide) groups is 1. The van der Waals surface area contributed by atoms with Gasteiger partial charge in [-0.2, -0.15) is 0 Å². The van der Waals surface area contributed by atoms with Gasteiger partial charge in [-0.15, -0.1) is 11.8 Å². The lowest BCUT2D eigenvalue weighted by Crippen LogP contribution is -2.41. The first-order chi connectivity index (χ1) is 9.08. The first kappa shape index (κ1) is 14.4. The van der Waals surface area contributed by atoms with Crippen molar-refractivity contribution in [2.45, 2.75) is 37.8 Å². The Morgan fingerprint density at radius 3 is 2.89 bits per heavy atom. The van der Waals surface area contributed by atoms with E-state index >= 15 is 0 Å². The second kappa shape index (κ2) is 6.44. The predicted molar refractivity (Wildman–Crippen MR) is 80.4 cm³/mol. The molecule has 2 atom stereocenters. The predicted octanol–water partition coefficient (Wildman–Crippen LogP) is 2.58. The highest BCUT2D eigenvalue weighted by molar-refractivity contribution is 7.99. The van der Waals surface area contributed by atoms with E-state index in [0.717, 1.165) is 5.75 Å². The summed E-state index contributed by atoms with van der Waals surface area (Å²) in [6, 6.07) is 8.94. The van der Waals surface area contributed by atoms with Crippen molar-refractivity contribution in [3.8, 4) is 0 Å². The van der Waals surface area contributed by atoms with E-state index in [1.54, 1.807) is 0 Å². The van der Waals surface area contributed by atoms with E-state index in [-0.39, 0.29) is 18.0 Å². The number of benzene rings is 1. The molecule has 0 saturated heterocycles. The lowest BCUT2D eigenvalue weighted by Gasteiger charge is -2.31. The number of hydrogen-bond donors (Lipinski definition) is 2. The molecule has 1 amide bonds. The minimum absolute atomic E-state index is 0.0675. The Hall–Kier alpha value is -1.00. The summed E-state index contributed by atoms with van der Waals surface area (Å²) in [6.07, 6.45) is 0. The Morgan fingerprint density at radius 1 is 1.42 bits per heavy atom.